The van der Waals surface area contributed by atoms with Crippen LogP contribution in [0.2, 0.25) is 0 Å². The molecule has 3 aromatic carbocycles. The number of carbonyl (C=O) groups excluding carboxylic acids is 1. The van der Waals surface area contributed by atoms with Gasteiger partial charge in [-0.25, -0.2) is 8.42 Å². The monoisotopic (exact) mass is 518 g/mol. The van der Waals surface area contributed by atoms with Crippen LogP contribution in [0.5, 0.6) is 11.5 Å². The van der Waals surface area contributed by atoms with Gasteiger partial charge in [0.1, 0.15) is 11.5 Å². The van der Waals surface area contributed by atoms with Crippen molar-refractivity contribution in [2.45, 2.75) is 18.7 Å². The zero-order valence-electron chi connectivity index (χ0n) is 17.6. The number of anilines is 2. The molecule has 9 heteroatoms. The van der Waals surface area contributed by atoms with Crippen LogP contribution in [0, 0.1) is 0 Å². The van der Waals surface area contributed by atoms with Crippen molar-refractivity contribution < 1.29 is 22.7 Å². The topological polar surface area (TPSA) is 93.7 Å². The second kappa shape index (κ2) is 10.5. The maximum atomic E-state index is 12.9. The van der Waals surface area contributed by atoms with E-state index < -0.39 is 10.0 Å². The SMILES string of the molecule is CCOc1cc(NS(=O)(=O)c2ccc(Br)cc2)c(OCC)cc1NC(=O)c1ccccc1. The van der Waals surface area contributed by atoms with E-state index in [1.165, 1.54) is 18.2 Å². The molecule has 0 aromatic heterocycles. The predicted molar refractivity (Wildman–Crippen MR) is 128 cm³/mol. The molecule has 0 aliphatic rings. The summed E-state index contributed by atoms with van der Waals surface area (Å²) in [6.45, 7) is 4.20. The Balaban J connectivity index is 1.98. The third-order valence-electron chi connectivity index (χ3n) is 4.33. The van der Waals surface area contributed by atoms with Crippen LogP contribution >= 0.6 is 15.9 Å². The first kappa shape index (κ1) is 23.6. The number of amides is 1. The lowest BCUT2D eigenvalue weighted by Gasteiger charge is -2.18. The van der Waals surface area contributed by atoms with Gasteiger partial charge in [-0.1, -0.05) is 34.1 Å². The lowest BCUT2D eigenvalue weighted by Crippen LogP contribution is -2.16. The average molecular weight is 519 g/mol. The molecule has 2 N–H and O–H groups in total. The summed E-state index contributed by atoms with van der Waals surface area (Å²) >= 11 is 3.30. The summed E-state index contributed by atoms with van der Waals surface area (Å²) in [6.07, 6.45) is 0. The Morgan fingerprint density at radius 2 is 1.44 bits per heavy atom. The molecule has 1 amide bonds. The highest BCUT2D eigenvalue weighted by Gasteiger charge is 2.20. The number of halogens is 1. The third kappa shape index (κ3) is 5.80. The van der Waals surface area contributed by atoms with Gasteiger partial charge < -0.3 is 14.8 Å². The van der Waals surface area contributed by atoms with Gasteiger partial charge in [0, 0.05) is 22.2 Å². The smallest absolute Gasteiger partial charge is 0.262 e. The number of hydrogen-bond donors (Lipinski definition) is 2. The van der Waals surface area contributed by atoms with Crippen LogP contribution in [0.1, 0.15) is 24.2 Å². The van der Waals surface area contributed by atoms with Crippen LogP contribution in [0.4, 0.5) is 11.4 Å². The van der Waals surface area contributed by atoms with Crippen LogP contribution in [-0.4, -0.2) is 27.5 Å². The average Bonchev–Trinajstić information content (AvgIpc) is 2.77. The minimum atomic E-state index is -3.88. The Bertz CT molecular complexity index is 1180. The summed E-state index contributed by atoms with van der Waals surface area (Å²) in [7, 11) is -3.88. The third-order valence-corrected chi connectivity index (χ3v) is 6.24. The second-order valence-corrected chi connectivity index (χ2v) is 9.19. The van der Waals surface area contributed by atoms with E-state index in [1.54, 1.807) is 56.3 Å². The number of rotatable bonds is 9. The Morgan fingerprint density at radius 3 is 2.03 bits per heavy atom. The fourth-order valence-corrected chi connectivity index (χ4v) is 4.21. The fourth-order valence-electron chi connectivity index (χ4n) is 2.89. The molecule has 0 radical (unpaired) electrons. The number of nitrogens with one attached hydrogen (secondary N) is 2. The first-order valence-corrected chi connectivity index (χ1v) is 12.2. The summed E-state index contributed by atoms with van der Waals surface area (Å²) in [5.41, 5.74) is 1.06. The first-order chi connectivity index (χ1) is 15.3. The van der Waals surface area contributed by atoms with Crippen molar-refractivity contribution in [3.05, 3.63) is 76.8 Å². The van der Waals surface area contributed by atoms with Gasteiger partial charge in [0.2, 0.25) is 0 Å². The molecule has 32 heavy (non-hydrogen) atoms. The van der Waals surface area contributed by atoms with Gasteiger partial charge >= 0.3 is 0 Å². The Morgan fingerprint density at radius 1 is 0.875 bits per heavy atom. The summed E-state index contributed by atoms with van der Waals surface area (Å²) in [4.78, 5) is 12.7. The zero-order chi connectivity index (χ0) is 23.1. The van der Waals surface area contributed by atoms with Crippen LogP contribution < -0.4 is 19.5 Å². The van der Waals surface area contributed by atoms with Gasteiger partial charge in [0.05, 0.1) is 29.5 Å². The van der Waals surface area contributed by atoms with Gasteiger partial charge in [-0.2, -0.15) is 0 Å². The van der Waals surface area contributed by atoms with Crippen molar-refractivity contribution >= 4 is 43.2 Å². The summed E-state index contributed by atoms with van der Waals surface area (Å²) in [6, 6.07) is 18.1. The number of benzene rings is 3. The lowest BCUT2D eigenvalue weighted by atomic mass is 10.2. The van der Waals surface area contributed by atoms with Crippen LogP contribution in [0.25, 0.3) is 0 Å². The molecule has 168 valence electrons. The minimum absolute atomic E-state index is 0.0996. The van der Waals surface area contributed by atoms with Crippen molar-refractivity contribution in [2.24, 2.45) is 0 Å². The molecular formula is C23H23BrN2O5S. The molecule has 0 atom stereocenters. The predicted octanol–water partition coefficient (Wildman–Crippen LogP) is 5.30. The van der Waals surface area contributed by atoms with Gasteiger partial charge in [0.25, 0.3) is 15.9 Å². The van der Waals surface area contributed by atoms with E-state index in [4.69, 9.17) is 9.47 Å². The molecule has 0 bridgehead atoms. The normalized spacial score (nSPS) is 11.0. The quantitative estimate of drug-likeness (QED) is 0.400. The summed E-state index contributed by atoms with van der Waals surface area (Å²) < 4.78 is 40.4. The molecule has 7 nitrogen and oxygen atoms in total. The van der Waals surface area contributed by atoms with Gasteiger partial charge in [0.15, 0.2) is 0 Å². The van der Waals surface area contributed by atoms with E-state index in [1.807, 2.05) is 6.07 Å². The van der Waals surface area contributed by atoms with E-state index in [2.05, 4.69) is 26.0 Å². The molecule has 0 heterocycles. The van der Waals surface area contributed by atoms with Crippen LogP contribution in [0.3, 0.4) is 0 Å². The zero-order valence-corrected chi connectivity index (χ0v) is 20.0. The number of hydrogen-bond acceptors (Lipinski definition) is 5. The van der Waals surface area contributed by atoms with Crippen molar-refractivity contribution in [2.75, 3.05) is 23.3 Å². The molecule has 0 saturated heterocycles. The minimum Gasteiger partial charge on any atom is -0.492 e. The fraction of sp³-hybridized carbons (Fsp3) is 0.174. The standard InChI is InChI=1S/C23H23BrN2O5S/c1-3-30-21-15-20(26-32(28,29)18-12-10-17(24)11-13-18)22(31-4-2)14-19(21)25-23(27)16-8-6-5-7-9-16/h5-15,26H,3-4H2,1-2H3,(H,25,27). The van der Waals surface area contributed by atoms with Crippen molar-refractivity contribution in [1.82, 2.24) is 0 Å². The highest BCUT2D eigenvalue weighted by atomic mass is 79.9. The highest BCUT2D eigenvalue weighted by molar-refractivity contribution is 9.10. The Labute approximate surface area is 195 Å². The highest BCUT2D eigenvalue weighted by Crippen LogP contribution is 2.38. The van der Waals surface area contributed by atoms with E-state index in [-0.39, 0.29) is 22.2 Å². The Kier molecular flexibility index (Phi) is 7.76. The molecule has 0 spiro atoms. The van der Waals surface area contributed by atoms with E-state index >= 15 is 0 Å². The molecule has 3 aromatic rings. The second-order valence-electron chi connectivity index (χ2n) is 6.59. The molecule has 0 fully saturated rings. The van der Waals surface area contributed by atoms with Crippen LogP contribution in [-0.2, 0) is 10.0 Å². The maximum absolute atomic E-state index is 12.9. The van der Waals surface area contributed by atoms with Crippen LogP contribution in [0.15, 0.2) is 76.1 Å². The van der Waals surface area contributed by atoms with Gasteiger partial charge in [-0.3, -0.25) is 9.52 Å². The number of sulfonamides is 1. The first-order valence-electron chi connectivity index (χ1n) is 9.92. The lowest BCUT2D eigenvalue weighted by molar-refractivity contribution is 0.102. The maximum Gasteiger partial charge on any atom is 0.262 e. The van der Waals surface area contributed by atoms with Crippen molar-refractivity contribution in [1.29, 1.82) is 0 Å². The van der Waals surface area contributed by atoms with Gasteiger partial charge in [-0.05, 0) is 50.2 Å². The number of ether oxygens (including phenoxy) is 2. The van der Waals surface area contributed by atoms with Crippen molar-refractivity contribution in [3.8, 4) is 11.5 Å². The molecule has 0 unspecified atom stereocenters. The van der Waals surface area contributed by atoms with Crippen molar-refractivity contribution in [3.63, 3.8) is 0 Å². The Hall–Kier alpha value is -3.04. The van der Waals surface area contributed by atoms with E-state index in [0.29, 0.717) is 30.2 Å². The molecule has 0 aliphatic heterocycles. The molecular weight excluding hydrogens is 496 g/mol. The van der Waals surface area contributed by atoms with E-state index in [0.717, 1.165) is 4.47 Å². The van der Waals surface area contributed by atoms with Gasteiger partial charge in [-0.15, -0.1) is 0 Å². The summed E-state index contributed by atoms with van der Waals surface area (Å²) in [5.74, 6) is 0.255. The summed E-state index contributed by atoms with van der Waals surface area (Å²) in [5, 5.41) is 2.81. The molecule has 3 rings (SSSR count). The largest absolute Gasteiger partial charge is 0.492 e. The molecule has 0 aliphatic carbocycles. The number of carbonyl (C=O) groups is 1. The molecule has 0 saturated carbocycles. The van der Waals surface area contributed by atoms with E-state index in [9.17, 15) is 13.2 Å².